The Balaban J connectivity index is 1.53. The number of benzene rings is 1. The summed E-state index contributed by atoms with van der Waals surface area (Å²) in [6.45, 7) is 0.667. The Labute approximate surface area is 159 Å². The lowest BCUT2D eigenvalue weighted by atomic mass is 10.1. The number of hydrogen-bond donors (Lipinski definition) is 3. The standard InChI is InChI=1S/C20H27ClN2O3/c21-16-11-9-10-15-14-17(23-19(15)16)20(26)22-13-8-6-4-2-1-3-5-7-12-18(24)25/h9-11,14,23H,1-8,12-13H2,(H,22,26)(H,24,25). The lowest BCUT2D eigenvalue weighted by molar-refractivity contribution is -0.137. The van der Waals surface area contributed by atoms with Crippen molar-refractivity contribution in [1.82, 2.24) is 10.3 Å². The van der Waals surface area contributed by atoms with Crippen LogP contribution in [0.4, 0.5) is 0 Å². The van der Waals surface area contributed by atoms with E-state index in [0.29, 0.717) is 17.3 Å². The summed E-state index contributed by atoms with van der Waals surface area (Å²) in [6.07, 6.45) is 8.69. The Morgan fingerprint density at radius 3 is 2.31 bits per heavy atom. The number of hydrogen-bond acceptors (Lipinski definition) is 2. The molecule has 3 N–H and O–H groups in total. The van der Waals surface area contributed by atoms with Crippen LogP contribution in [0.3, 0.4) is 0 Å². The molecule has 0 spiro atoms. The molecule has 5 nitrogen and oxygen atoms in total. The SMILES string of the molecule is O=C(O)CCCCCCCCCCNC(=O)c1cc2cccc(Cl)c2[nH]1. The van der Waals surface area contributed by atoms with Crippen LogP contribution in [0.5, 0.6) is 0 Å². The summed E-state index contributed by atoms with van der Waals surface area (Å²) in [7, 11) is 0. The van der Waals surface area contributed by atoms with E-state index in [9.17, 15) is 9.59 Å². The first kappa shape index (κ1) is 20.3. The number of carbonyl (C=O) groups is 2. The highest BCUT2D eigenvalue weighted by Crippen LogP contribution is 2.23. The third-order valence-corrected chi connectivity index (χ3v) is 4.77. The smallest absolute Gasteiger partial charge is 0.303 e. The third kappa shape index (κ3) is 6.71. The van der Waals surface area contributed by atoms with Gasteiger partial charge in [-0.15, -0.1) is 0 Å². The number of aliphatic carboxylic acids is 1. The van der Waals surface area contributed by atoms with E-state index in [2.05, 4.69) is 10.3 Å². The van der Waals surface area contributed by atoms with Crippen molar-refractivity contribution < 1.29 is 14.7 Å². The highest BCUT2D eigenvalue weighted by molar-refractivity contribution is 6.35. The second-order valence-electron chi connectivity index (χ2n) is 6.62. The zero-order chi connectivity index (χ0) is 18.8. The van der Waals surface area contributed by atoms with E-state index in [1.54, 1.807) is 6.07 Å². The molecular weight excluding hydrogens is 352 g/mol. The molecule has 26 heavy (non-hydrogen) atoms. The summed E-state index contributed by atoms with van der Waals surface area (Å²) in [5.74, 6) is -0.807. The number of carboxylic acid groups (broad SMARTS) is 1. The van der Waals surface area contributed by atoms with Crippen LogP contribution in [-0.2, 0) is 4.79 Å². The maximum absolute atomic E-state index is 12.2. The number of nitrogens with one attached hydrogen (secondary N) is 2. The molecule has 0 atom stereocenters. The van der Waals surface area contributed by atoms with E-state index >= 15 is 0 Å². The maximum atomic E-state index is 12.2. The van der Waals surface area contributed by atoms with Crippen molar-refractivity contribution in [1.29, 1.82) is 0 Å². The molecule has 1 aromatic heterocycles. The largest absolute Gasteiger partial charge is 0.481 e. The van der Waals surface area contributed by atoms with Gasteiger partial charge >= 0.3 is 5.97 Å². The van der Waals surface area contributed by atoms with Gasteiger partial charge in [-0.3, -0.25) is 9.59 Å². The first-order valence-electron chi connectivity index (χ1n) is 9.35. The molecule has 6 heteroatoms. The Bertz CT molecular complexity index is 727. The zero-order valence-corrected chi connectivity index (χ0v) is 15.8. The van der Waals surface area contributed by atoms with Crippen molar-refractivity contribution in [3.05, 3.63) is 35.0 Å². The van der Waals surface area contributed by atoms with E-state index in [0.717, 1.165) is 55.8 Å². The number of H-pyrrole nitrogens is 1. The van der Waals surface area contributed by atoms with E-state index in [1.807, 2.05) is 18.2 Å². The quantitative estimate of drug-likeness (QED) is 0.447. The van der Waals surface area contributed by atoms with Gasteiger partial charge in [-0.05, 0) is 25.0 Å². The van der Waals surface area contributed by atoms with E-state index in [1.165, 1.54) is 6.42 Å². The van der Waals surface area contributed by atoms with Gasteiger partial charge < -0.3 is 15.4 Å². The average Bonchev–Trinajstić information content (AvgIpc) is 3.05. The van der Waals surface area contributed by atoms with Crippen molar-refractivity contribution in [2.45, 2.75) is 57.8 Å². The highest BCUT2D eigenvalue weighted by Gasteiger charge is 2.10. The van der Waals surface area contributed by atoms with Crippen molar-refractivity contribution in [3.63, 3.8) is 0 Å². The number of aromatic nitrogens is 1. The number of halogens is 1. The van der Waals surface area contributed by atoms with Gasteiger partial charge in [-0.2, -0.15) is 0 Å². The minimum Gasteiger partial charge on any atom is -0.481 e. The first-order chi connectivity index (χ1) is 12.6. The number of carbonyl (C=O) groups excluding carboxylic acids is 1. The van der Waals surface area contributed by atoms with Gasteiger partial charge in [0.1, 0.15) is 5.69 Å². The molecule has 0 bridgehead atoms. The van der Waals surface area contributed by atoms with Crippen LogP contribution in [0.1, 0.15) is 68.3 Å². The van der Waals surface area contributed by atoms with Gasteiger partial charge in [0, 0.05) is 18.4 Å². The van der Waals surface area contributed by atoms with E-state index < -0.39 is 5.97 Å². The lowest BCUT2D eigenvalue weighted by Crippen LogP contribution is -2.24. The fraction of sp³-hybridized carbons (Fsp3) is 0.500. The molecule has 0 fully saturated rings. The maximum Gasteiger partial charge on any atom is 0.303 e. The van der Waals surface area contributed by atoms with Gasteiger partial charge in [-0.25, -0.2) is 0 Å². The minimum atomic E-state index is -0.706. The molecule has 142 valence electrons. The van der Waals surface area contributed by atoms with Crippen LogP contribution >= 0.6 is 11.6 Å². The fourth-order valence-corrected chi connectivity index (χ4v) is 3.23. The van der Waals surface area contributed by atoms with Crippen LogP contribution in [0.2, 0.25) is 5.02 Å². The molecule has 2 rings (SSSR count). The van der Waals surface area contributed by atoms with E-state index in [4.69, 9.17) is 16.7 Å². The predicted molar refractivity (Wildman–Crippen MR) is 105 cm³/mol. The Kier molecular flexibility index (Phi) is 8.48. The van der Waals surface area contributed by atoms with Gasteiger partial charge in [0.05, 0.1) is 10.5 Å². The molecule has 0 aliphatic rings. The fourth-order valence-electron chi connectivity index (χ4n) is 3.00. The summed E-state index contributed by atoms with van der Waals surface area (Å²) in [5.41, 5.74) is 1.33. The average molecular weight is 379 g/mol. The van der Waals surface area contributed by atoms with E-state index in [-0.39, 0.29) is 12.3 Å². The number of rotatable bonds is 12. The first-order valence-corrected chi connectivity index (χ1v) is 9.73. The normalized spacial score (nSPS) is 11.0. The topological polar surface area (TPSA) is 82.2 Å². The molecule has 0 radical (unpaired) electrons. The van der Waals surface area contributed by atoms with Crippen molar-refractivity contribution in [2.24, 2.45) is 0 Å². The molecule has 2 aromatic rings. The van der Waals surface area contributed by atoms with Crippen LogP contribution in [0.25, 0.3) is 10.9 Å². The summed E-state index contributed by atoms with van der Waals surface area (Å²) in [4.78, 5) is 25.7. The van der Waals surface area contributed by atoms with Gasteiger partial charge in [-0.1, -0.05) is 62.3 Å². The Hall–Kier alpha value is -2.01. The number of para-hydroxylation sites is 1. The van der Waals surface area contributed by atoms with Crippen LogP contribution in [0.15, 0.2) is 24.3 Å². The molecule has 0 saturated carbocycles. The van der Waals surface area contributed by atoms with Gasteiger partial charge in [0.15, 0.2) is 0 Å². The van der Waals surface area contributed by atoms with Crippen molar-refractivity contribution in [3.8, 4) is 0 Å². The van der Waals surface area contributed by atoms with Crippen molar-refractivity contribution >= 4 is 34.4 Å². The lowest BCUT2D eigenvalue weighted by Gasteiger charge is -2.04. The Morgan fingerprint density at radius 2 is 1.65 bits per heavy atom. The van der Waals surface area contributed by atoms with Crippen molar-refractivity contribution in [2.75, 3.05) is 6.54 Å². The number of unbranched alkanes of at least 4 members (excludes halogenated alkanes) is 7. The second-order valence-corrected chi connectivity index (χ2v) is 7.02. The highest BCUT2D eigenvalue weighted by atomic mass is 35.5. The number of carboxylic acids is 1. The van der Waals surface area contributed by atoms with Crippen LogP contribution in [-0.4, -0.2) is 28.5 Å². The molecule has 1 amide bonds. The second kappa shape index (κ2) is 10.9. The summed E-state index contributed by atoms with van der Waals surface area (Å²) < 4.78 is 0. The monoisotopic (exact) mass is 378 g/mol. The van der Waals surface area contributed by atoms with Crippen LogP contribution < -0.4 is 5.32 Å². The molecule has 0 aliphatic carbocycles. The molecule has 1 aromatic carbocycles. The predicted octanol–water partition coefficient (Wildman–Crippen LogP) is 5.15. The number of aromatic amines is 1. The molecular formula is C20H27ClN2O3. The minimum absolute atomic E-state index is 0.101. The third-order valence-electron chi connectivity index (χ3n) is 4.45. The zero-order valence-electron chi connectivity index (χ0n) is 15.0. The Morgan fingerprint density at radius 1 is 1.00 bits per heavy atom. The molecule has 0 unspecified atom stereocenters. The molecule has 0 aliphatic heterocycles. The number of fused-ring (bicyclic) bond motifs is 1. The van der Waals surface area contributed by atoms with Gasteiger partial charge in [0.25, 0.3) is 5.91 Å². The van der Waals surface area contributed by atoms with Gasteiger partial charge in [0.2, 0.25) is 0 Å². The molecule has 0 saturated heterocycles. The summed E-state index contributed by atoms with van der Waals surface area (Å²) in [5, 5.41) is 13.1. The number of amides is 1. The summed E-state index contributed by atoms with van der Waals surface area (Å²) in [6, 6.07) is 7.41. The summed E-state index contributed by atoms with van der Waals surface area (Å²) >= 11 is 6.12. The molecule has 1 heterocycles. The van der Waals surface area contributed by atoms with Crippen LogP contribution in [0, 0.1) is 0 Å².